The van der Waals surface area contributed by atoms with Crippen LogP contribution in [0.1, 0.15) is 11.3 Å². The van der Waals surface area contributed by atoms with Crippen molar-refractivity contribution in [3.63, 3.8) is 0 Å². The van der Waals surface area contributed by atoms with Gasteiger partial charge in [-0.1, -0.05) is 29.4 Å². The fourth-order valence-electron chi connectivity index (χ4n) is 2.64. The first-order chi connectivity index (χ1) is 14.9. The molecule has 0 atom stereocenters. The summed E-state index contributed by atoms with van der Waals surface area (Å²) in [5, 5.41) is 18.7. The number of nitrogens with zero attached hydrogens (tertiary/aromatic N) is 9. The van der Waals surface area contributed by atoms with E-state index in [2.05, 4.69) is 35.5 Å². The predicted molar refractivity (Wildman–Crippen MR) is 124 cm³/mol. The zero-order chi connectivity index (χ0) is 22.0. The number of halogens is 3. The quantitative estimate of drug-likeness (QED) is 0.257. The monoisotopic (exact) mass is 515 g/mol. The summed E-state index contributed by atoms with van der Waals surface area (Å²) in [5.74, 6) is 0.556. The summed E-state index contributed by atoms with van der Waals surface area (Å²) in [6.45, 7) is 3.39. The molecule has 0 aliphatic carbocycles. The molecule has 0 N–H and O–H groups in total. The van der Waals surface area contributed by atoms with E-state index in [1.165, 1.54) is 29.6 Å². The SMILES string of the molecule is Cc1cc(Sc2nnnn2CCN(C)C)n2nc(SCc3ccc(Cl)c(F)c3)nc2n1.Cl. The lowest BCUT2D eigenvalue weighted by Gasteiger charge is -2.10. The third-order valence-electron chi connectivity index (χ3n) is 4.19. The van der Waals surface area contributed by atoms with Gasteiger partial charge in [0.25, 0.3) is 5.78 Å². The van der Waals surface area contributed by atoms with Crippen LogP contribution in [0.3, 0.4) is 0 Å². The van der Waals surface area contributed by atoms with Crippen LogP contribution in [0.5, 0.6) is 0 Å². The van der Waals surface area contributed by atoms with E-state index in [9.17, 15) is 4.39 Å². The fraction of sp³-hybridized carbons (Fsp3) is 0.333. The molecule has 1 aromatic carbocycles. The number of hydrogen-bond acceptors (Lipinski definition) is 9. The molecular formula is C18H20Cl2FN9S2. The normalized spacial score (nSPS) is 11.3. The second kappa shape index (κ2) is 10.8. The molecule has 170 valence electrons. The summed E-state index contributed by atoms with van der Waals surface area (Å²) in [6, 6.07) is 6.66. The van der Waals surface area contributed by atoms with Gasteiger partial charge in [0.05, 0.1) is 11.6 Å². The van der Waals surface area contributed by atoms with E-state index in [1.807, 2.05) is 27.1 Å². The maximum absolute atomic E-state index is 13.7. The molecule has 0 amide bonds. The predicted octanol–water partition coefficient (Wildman–Crippen LogP) is 3.64. The molecule has 3 heterocycles. The van der Waals surface area contributed by atoms with Gasteiger partial charge >= 0.3 is 0 Å². The lowest BCUT2D eigenvalue weighted by Crippen LogP contribution is -2.19. The number of tetrazole rings is 1. The van der Waals surface area contributed by atoms with E-state index in [1.54, 1.807) is 21.3 Å². The van der Waals surface area contributed by atoms with Gasteiger partial charge in [0, 0.05) is 18.0 Å². The minimum absolute atomic E-state index is 0. The van der Waals surface area contributed by atoms with E-state index >= 15 is 0 Å². The van der Waals surface area contributed by atoms with E-state index < -0.39 is 5.82 Å². The van der Waals surface area contributed by atoms with Crippen LogP contribution in [-0.2, 0) is 12.3 Å². The Morgan fingerprint density at radius 2 is 2.00 bits per heavy atom. The van der Waals surface area contributed by atoms with Crippen molar-refractivity contribution in [2.24, 2.45) is 0 Å². The average molecular weight is 516 g/mol. The van der Waals surface area contributed by atoms with Gasteiger partial charge in [-0.25, -0.2) is 14.1 Å². The van der Waals surface area contributed by atoms with Crippen molar-refractivity contribution in [2.45, 2.75) is 34.6 Å². The first-order valence-electron chi connectivity index (χ1n) is 9.29. The lowest BCUT2D eigenvalue weighted by molar-refractivity contribution is 0.361. The van der Waals surface area contributed by atoms with Crippen LogP contribution in [0, 0.1) is 12.7 Å². The topological polar surface area (TPSA) is 89.9 Å². The summed E-state index contributed by atoms with van der Waals surface area (Å²) in [7, 11) is 4.00. The summed E-state index contributed by atoms with van der Waals surface area (Å²) < 4.78 is 17.1. The van der Waals surface area contributed by atoms with Crippen LogP contribution in [0.15, 0.2) is 39.6 Å². The molecule has 0 aliphatic rings. The van der Waals surface area contributed by atoms with Crippen LogP contribution in [0.4, 0.5) is 4.39 Å². The molecule has 0 saturated carbocycles. The van der Waals surface area contributed by atoms with E-state index in [-0.39, 0.29) is 17.4 Å². The van der Waals surface area contributed by atoms with Crippen LogP contribution in [0.25, 0.3) is 5.78 Å². The number of rotatable bonds is 8. The van der Waals surface area contributed by atoms with Crippen molar-refractivity contribution < 1.29 is 4.39 Å². The molecule has 3 aromatic heterocycles. The van der Waals surface area contributed by atoms with Crippen molar-refractivity contribution in [1.82, 2.24) is 44.7 Å². The molecule has 32 heavy (non-hydrogen) atoms. The van der Waals surface area contributed by atoms with Gasteiger partial charge in [0.2, 0.25) is 10.3 Å². The van der Waals surface area contributed by atoms with Crippen LogP contribution in [0.2, 0.25) is 5.02 Å². The lowest BCUT2D eigenvalue weighted by atomic mass is 10.2. The van der Waals surface area contributed by atoms with Crippen LogP contribution < -0.4 is 0 Å². The molecule has 0 bridgehead atoms. The number of hydrogen-bond donors (Lipinski definition) is 0. The number of aryl methyl sites for hydroxylation is 1. The highest BCUT2D eigenvalue weighted by molar-refractivity contribution is 7.99. The summed E-state index contributed by atoms with van der Waals surface area (Å²) >= 11 is 8.55. The smallest absolute Gasteiger partial charge is 0.254 e. The number of aromatic nitrogens is 8. The van der Waals surface area contributed by atoms with Crippen LogP contribution >= 0.6 is 47.5 Å². The first-order valence-corrected chi connectivity index (χ1v) is 11.5. The minimum Gasteiger partial charge on any atom is -0.308 e. The van der Waals surface area contributed by atoms with E-state index in [0.29, 0.717) is 28.4 Å². The van der Waals surface area contributed by atoms with Gasteiger partial charge in [0.1, 0.15) is 10.8 Å². The van der Waals surface area contributed by atoms with Crippen molar-refractivity contribution in [3.8, 4) is 0 Å². The van der Waals surface area contributed by atoms with E-state index in [0.717, 1.165) is 22.8 Å². The standard InChI is InChI=1S/C18H19ClFN9S2.ClH/c1-11-8-15(31-18-23-25-26-28(18)7-6-27(2)3)29-16(21-11)22-17(24-29)30-10-12-4-5-13(19)14(20)9-12;/h4-5,8-9H,6-7,10H2,1-3H3;1H. The maximum atomic E-state index is 13.7. The molecule has 4 rings (SSSR count). The molecule has 4 aromatic rings. The molecule has 9 nitrogen and oxygen atoms in total. The second-order valence-electron chi connectivity index (χ2n) is 6.97. The molecule has 0 spiro atoms. The molecule has 0 saturated heterocycles. The Kier molecular flexibility index (Phi) is 8.28. The van der Waals surface area contributed by atoms with Crippen molar-refractivity contribution in [2.75, 3.05) is 20.6 Å². The van der Waals surface area contributed by atoms with Gasteiger partial charge in [-0.3, -0.25) is 0 Å². The highest BCUT2D eigenvalue weighted by Crippen LogP contribution is 2.28. The third-order valence-corrected chi connectivity index (χ3v) is 6.38. The summed E-state index contributed by atoms with van der Waals surface area (Å²) in [6.07, 6.45) is 0. The van der Waals surface area contributed by atoms with Gasteiger partial charge in [-0.05, 0) is 67.0 Å². The highest BCUT2D eigenvalue weighted by Gasteiger charge is 2.15. The van der Waals surface area contributed by atoms with Gasteiger partial charge in [-0.2, -0.15) is 9.50 Å². The molecule has 0 unspecified atom stereocenters. The Morgan fingerprint density at radius 1 is 1.19 bits per heavy atom. The minimum atomic E-state index is -0.439. The maximum Gasteiger partial charge on any atom is 0.254 e. The molecule has 0 aliphatic heterocycles. The molecule has 14 heteroatoms. The van der Waals surface area contributed by atoms with Gasteiger partial charge in [0.15, 0.2) is 0 Å². The number of thioether (sulfide) groups is 1. The Balaban J connectivity index is 0.00000289. The Bertz CT molecular complexity index is 1210. The highest BCUT2D eigenvalue weighted by atomic mass is 35.5. The van der Waals surface area contributed by atoms with Crippen LogP contribution in [-0.4, -0.2) is 65.3 Å². The summed E-state index contributed by atoms with van der Waals surface area (Å²) in [4.78, 5) is 11.0. The number of fused-ring (bicyclic) bond motifs is 1. The largest absolute Gasteiger partial charge is 0.308 e. The molecular weight excluding hydrogens is 496 g/mol. The first kappa shape index (κ1) is 24.6. The Morgan fingerprint density at radius 3 is 2.75 bits per heavy atom. The Labute approximate surface area is 203 Å². The van der Waals surface area contributed by atoms with Crippen molar-refractivity contribution in [3.05, 3.63) is 46.4 Å². The van der Waals surface area contributed by atoms with Gasteiger partial charge in [-0.15, -0.1) is 22.6 Å². The summed E-state index contributed by atoms with van der Waals surface area (Å²) in [5.41, 5.74) is 1.61. The van der Waals surface area contributed by atoms with Crippen molar-refractivity contribution >= 4 is 53.3 Å². The zero-order valence-electron chi connectivity index (χ0n) is 17.4. The second-order valence-corrected chi connectivity index (χ2v) is 9.31. The number of likely N-dealkylation sites (N-methyl/N-ethyl adjacent to an activating group) is 1. The average Bonchev–Trinajstić information content (AvgIpc) is 3.33. The van der Waals surface area contributed by atoms with Gasteiger partial charge < -0.3 is 4.90 Å². The molecule has 0 radical (unpaired) electrons. The van der Waals surface area contributed by atoms with Crippen molar-refractivity contribution in [1.29, 1.82) is 0 Å². The third kappa shape index (κ3) is 5.87. The number of benzene rings is 1. The fourth-order valence-corrected chi connectivity index (χ4v) is 4.46. The molecule has 0 fully saturated rings. The Hall–Kier alpha value is -1.99. The zero-order valence-corrected chi connectivity index (χ0v) is 20.6. The van der Waals surface area contributed by atoms with E-state index in [4.69, 9.17) is 11.6 Å².